The fraction of sp³-hybridized carbons (Fsp3) is 0.368. The van der Waals surface area contributed by atoms with Crippen molar-refractivity contribution >= 4 is 9.84 Å². The van der Waals surface area contributed by atoms with Gasteiger partial charge < -0.3 is 10.5 Å². The van der Waals surface area contributed by atoms with Crippen LogP contribution in [0.2, 0.25) is 0 Å². The lowest BCUT2D eigenvalue weighted by Crippen LogP contribution is -2.35. The SMILES string of the molecule is COCC1(N)C(c2ccc(C)cc2)C1S(=O)(=O)c1ccc(C)cc1. The molecule has 0 aromatic heterocycles. The first-order valence-corrected chi connectivity index (χ1v) is 9.50. The Labute approximate surface area is 143 Å². The van der Waals surface area contributed by atoms with Crippen LogP contribution in [-0.4, -0.2) is 32.9 Å². The minimum atomic E-state index is -3.52. The summed E-state index contributed by atoms with van der Waals surface area (Å²) >= 11 is 0. The van der Waals surface area contributed by atoms with E-state index in [1.54, 1.807) is 19.2 Å². The van der Waals surface area contributed by atoms with E-state index < -0.39 is 20.6 Å². The molecule has 0 saturated heterocycles. The van der Waals surface area contributed by atoms with Crippen molar-refractivity contribution < 1.29 is 13.2 Å². The first-order valence-electron chi connectivity index (χ1n) is 7.95. The molecule has 1 aliphatic rings. The average Bonchev–Trinajstić information content (AvgIpc) is 3.15. The van der Waals surface area contributed by atoms with Gasteiger partial charge in [-0.2, -0.15) is 0 Å². The molecule has 1 fully saturated rings. The summed E-state index contributed by atoms with van der Waals surface area (Å²) in [7, 11) is -1.97. The van der Waals surface area contributed by atoms with E-state index in [4.69, 9.17) is 10.5 Å². The molecule has 2 aromatic carbocycles. The molecule has 1 saturated carbocycles. The normalized spacial score (nSPS) is 26.3. The van der Waals surface area contributed by atoms with Gasteiger partial charge in [0.1, 0.15) is 0 Å². The van der Waals surface area contributed by atoms with E-state index in [1.165, 1.54) is 0 Å². The van der Waals surface area contributed by atoms with E-state index in [9.17, 15) is 8.42 Å². The quantitative estimate of drug-likeness (QED) is 0.904. The smallest absolute Gasteiger partial charge is 0.183 e. The van der Waals surface area contributed by atoms with Gasteiger partial charge in [-0.1, -0.05) is 47.5 Å². The third-order valence-corrected chi connectivity index (χ3v) is 7.13. The topological polar surface area (TPSA) is 69.4 Å². The lowest BCUT2D eigenvalue weighted by Gasteiger charge is -2.11. The van der Waals surface area contributed by atoms with Crippen LogP contribution in [0.3, 0.4) is 0 Å². The lowest BCUT2D eigenvalue weighted by molar-refractivity contribution is 0.171. The molecular formula is C19H23NO3S. The van der Waals surface area contributed by atoms with Crippen LogP contribution in [0.5, 0.6) is 0 Å². The van der Waals surface area contributed by atoms with Crippen molar-refractivity contribution in [2.45, 2.75) is 35.4 Å². The molecule has 3 atom stereocenters. The Balaban J connectivity index is 2.01. The fourth-order valence-corrected chi connectivity index (χ4v) is 5.74. The highest BCUT2D eigenvalue weighted by atomic mass is 32.2. The summed E-state index contributed by atoms with van der Waals surface area (Å²) in [4.78, 5) is 0.318. The minimum absolute atomic E-state index is 0.210. The molecule has 2 N–H and O–H groups in total. The average molecular weight is 345 g/mol. The summed E-state index contributed by atoms with van der Waals surface area (Å²) in [6.45, 7) is 4.14. The molecule has 2 aromatic rings. The summed E-state index contributed by atoms with van der Waals surface area (Å²) in [5, 5.41) is -0.671. The van der Waals surface area contributed by atoms with Gasteiger partial charge in [0.2, 0.25) is 0 Å². The van der Waals surface area contributed by atoms with Crippen molar-refractivity contribution in [1.29, 1.82) is 0 Å². The summed E-state index contributed by atoms with van der Waals surface area (Å²) in [5.74, 6) is -0.260. The Kier molecular flexibility index (Phi) is 4.28. The molecular weight excluding hydrogens is 322 g/mol. The number of sulfone groups is 1. The van der Waals surface area contributed by atoms with Crippen LogP contribution in [0.4, 0.5) is 0 Å². The third kappa shape index (κ3) is 2.77. The van der Waals surface area contributed by atoms with Crippen molar-refractivity contribution in [3.63, 3.8) is 0 Å². The zero-order chi connectivity index (χ0) is 17.5. The summed E-state index contributed by atoms with van der Waals surface area (Å²) < 4.78 is 31.5. The monoisotopic (exact) mass is 345 g/mol. The second kappa shape index (κ2) is 5.99. The highest BCUT2D eigenvalue weighted by Crippen LogP contribution is 2.55. The Morgan fingerprint density at radius 1 is 1.00 bits per heavy atom. The van der Waals surface area contributed by atoms with Gasteiger partial charge in [0, 0.05) is 13.0 Å². The molecule has 1 aliphatic carbocycles. The Hall–Kier alpha value is -1.69. The molecule has 128 valence electrons. The minimum Gasteiger partial charge on any atom is -0.383 e. The van der Waals surface area contributed by atoms with Gasteiger partial charge in [-0.3, -0.25) is 0 Å². The number of methoxy groups -OCH3 is 1. The van der Waals surface area contributed by atoms with Crippen LogP contribution in [0.1, 0.15) is 22.6 Å². The van der Waals surface area contributed by atoms with Crippen LogP contribution < -0.4 is 5.73 Å². The zero-order valence-electron chi connectivity index (χ0n) is 14.2. The fourth-order valence-electron chi connectivity index (χ4n) is 3.45. The maximum atomic E-state index is 13.1. The van der Waals surface area contributed by atoms with E-state index >= 15 is 0 Å². The molecule has 3 rings (SSSR count). The van der Waals surface area contributed by atoms with Gasteiger partial charge in [0.05, 0.1) is 22.3 Å². The van der Waals surface area contributed by atoms with E-state index in [-0.39, 0.29) is 12.5 Å². The molecule has 3 unspecified atom stereocenters. The highest BCUT2D eigenvalue weighted by molar-refractivity contribution is 7.92. The Morgan fingerprint density at radius 3 is 2.00 bits per heavy atom. The van der Waals surface area contributed by atoms with Crippen LogP contribution in [0.25, 0.3) is 0 Å². The predicted octanol–water partition coefficient (Wildman–Crippen LogP) is 2.59. The predicted molar refractivity (Wildman–Crippen MR) is 94.9 cm³/mol. The molecule has 0 heterocycles. The van der Waals surface area contributed by atoms with Gasteiger partial charge in [-0.25, -0.2) is 8.42 Å². The lowest BCUT2D eigenvalue weighted by atomic mass is 10.1. The highest BCUT2D eigenvalue weighted by Gasteiger charge is 2.69. The van der Waals surface area contributed by atoms with Gasteiger partial charge in [0.15, 0.2) is 9.84 Å². The van der Waals surface area contributed by atoms with Gasteiger partial charge >= 0.3 is 0 Å². The largest absolute Gasteiger partial charge is 0.383 e. The van der Waals surface area contributed by atoms with Crippen LogP contribution in [0.15, 0.2) is 53.4 Å². The van der Waals surface area contributed by atoms with Crippen molar-refractivity contribution in [3.05, 3.63) is 65.2 Å². The second-order valence-corrected chi connectivity index (χ2v) is 8.78. The number of rotatable bonds is 5. The first kappa shape index (κ1) is 17.1. The van der Waals surface area contributed by atoms with E-state index in [1.807, 2.05) is 50.2 Å². The van der Waals surface area contributed by atoms with Crippen LogP contribution in [-0.2, 0) is 14.6 Å². The number of benzene rings is 2. The van der Waals surface area contributed by atoms with Crippen molar-refractivity contribution in [2.24, 2.45) is 5.73 Å². The van der Waals surface area contributed by atoms with Crippen molar-refractivity contribution in [1.82, 2.24) is 0 Å². The van der Waals surface area contributed by atoms with E-state index in [0.29, 0.717) is 4.90 Å². The summed E-state index contributed by atoms with van der Waals surface area (Å²) in [5.41, 5.74) is 8.67. The summed E-state index contributed by atoms with van der Waals surface area (Å²) in [6, 6.07) is 14.8. The van der Waals surface area contributed by atoms with Crippen molar-refractivity contribution in [3.8, 4) is 0 Å². The number of hydrogen-bond donors (Lipinski definition) is 1. The number of nitrogens with two attached hydrogens (primary N) is 1. The molecule has 5 heteroatoms. The van der Waals surface area contributed by atoms with E-state index in [2.05, 4.69) is 0 Å². The van der Waals surface area contributed by atoms with Crippen molar-refractivity contribution in [2.75, 3.05) is 13.7 Å². The first-order chi connectivity index (χ1) is 11.3. The Morgan fingerprint density at radius 2 is 1.50 bits per heavy atom. The number of ether oxygens (including phenoxy) is 1. The molecule has 4 nitrogen and oxygen atoms in total. The van der Waals surface area contributed by atoms with Crippen LogP contribution >= 0.6 is 0 Å². The molecule has 24 heavy (non-hydrogen) atoms. The van der Waals surface area contributed by atoms with E-state index in [0.717, 1.165) is 16.7 Å². The molecule has 0 spiro atoms. The van der Waals surface area contributed by atoms with Gasteiger partial charge in [0.25, 0.3) is 0 Å². The third-order valence-electron chi connectivity index (χ3n) is 4.82. The molecule has 0 aliphatic heterocycles. The van der Waals surface area contributed by atoms with Gasteiger partial charge in [-0.05, 0) is 31.5 Å². The maximum absolute atomic E-state index is 13.1. The Bertz CT molecular complexity index is 828. The molecule has 0 radical (unpaired) electrons. The number of hydrogen-bond acceptors (Lipinski definition) is 4. The zero-order valence-corrected chi connectivity index (χ0v) is 15.0. The number of aryl methyl sites for hydroxylation is 2. The maximum Gasteiger partial charge on any atom is 0.183 e. The molecule has 0 bridgehead atoms. The summed E-state index contributed by atoms with van der Waals surface area (Å²) in [6.07, 6.45) is 0. The van der Waals surface area contributed by atoms with Gasteiger partial charge in [-0.15, -0.1) is 0 Å². The second-order valence-electron chi connectivity index (χ2n) is 6.71. The standard InChI is InChI=1S/C19H23NO3S/c1-13-4-8-15(9-5-13)17-18(19(17,20)12-23-3)24(21,22)16-10-6-14(2)7-11-16/h4-11,17-18H,12,20H2,1-3H3. The van der Waals surface area contributed by atoms with Crippen LogP contribution in [0, 0.1) is 13.8 Å². The molecule has 0 amide bonds.